The van der Waals surface area contributed by atoms with Gasteiger partial charge < -0.3 is 0 Å². The highest BCUT2D eigenvalue weighted by molar-refractivity contribution is 7.22. The van der Waals surface area contributed by atoms with Gasteiger partial charge in [0, 0.05) is 15.1 Å². The Hall–Kier alpha value is -0.570. The zero-order chi connectivity index (χ0) is 9.42. The van der Waals surface area contributed by atoms with Crippen molar-refractivity contribution in [3.05, 3.63) is 34.2 Å². The van der Waals surface area contributed by atoms with Crippen LogP contribution in [0.1, 0.15) is 9.67 Å². The number of carbonyl (C=O) groups is 1. The number of fused-ring (bicyclic) bond motifs is 1. The molecule has 2 aromatic rings. The van der Waals surface area contributed by atoms with Gasteiger partial charge in [0.2, 0.25) is 0 Å². The first-order valence-electron chi connectivity index (χ1n) is 3.56. The van der Waals surface area contributed by atoms with Crippen molar-refractivity contribution in [3.63, 3.8) is 0 Å². The van der Waals surface area contributed by atoms with E-state index in [9.17, 15) is 4.79 Å². The third-order valence-electron chi connectivity index (χ3n) is 1.70. The van der Waals surface area contributed by atoms with Crippen LogP contribution in [0.2, 0.25) is 5.02 Å². The molecule has 0 saturated heterocycles. The lowest BCUT2D eigenvalue weighted by molar-refractivity contribution is 0.108. The number of halogens is 2. The van der Waals surface area contributed by atoms with Gasteiger partial charge >= 0.3 is 0 Å². The predicted octanol–water partition coefficient (Wildman–Crippen LogP) is 3.93. The number of carbonyl (C=O) groups excluding carboxylic acids is 1. The fourth-order valence-electron chi connectivity index (χ4n) is 1.12. The first-order chi connectivity index (χ1) is 6.18. The molecule has 0 radical (unpaired) electrons. The Balaban J connectivity index is 2.75. The minimum atomic E-state index is -0.433. The van der Waals surface area contributed by atoms with Gasteiger partial charge in [-0.3, -0.25) is 4.79 Å². The summed E-state index contributed by atoms with van der Waals surface area (Å²) in [6.45, 7) is 0. The van der Waals surface area contributed by atoms with Crippen LogP contribution in [0.4, 0.5) is 0 Å². The molecule has 0 bridgehead atoms. The molecule has 13 heavy (non-hydrogen) atoms. The normalized spacial score (nSPS) is 10.6. The van der Waals surface area contributed by atoms with E-state index in [1.807, 2.05) is 12.1 Å². The molecule has 0 aliphatic carbocycles. The Labute approximate surface area is 88.9 Å². The molecule has 2 rings (SSSR count). The SMILES string of the molecule is O=C(Cl)c1cc2c(Cl)cccc2s1. The monoisotopic (exact) mass is 230 g/mol. The van der Waals surface area contributed by atoms with E-state index in [1.54, 1.807) is 12.1 Å². The minimum Gasteiger partial charge on any atom is -0.275 e. The van der Waals surface area contributed by atoms with Crippen LogP contribution in [-0.2, 0) is 0 Å². The Morgan fingerprint density at radius 3 is 2.77 bits per heavy atom. The van der Waals surface area contributed by atoms with Crippen molar-refractivity contribution < 1.29 is 4.79 Å². The third-order valence-corrected chi connectivity index (χ3v) is 3.45. The molecule has 0 amide bonds. The molecule has 0 N–H and O–H groups in total. The quantitative estimate of drug-likeness (QED) is 0.679. The summed E-state index contributed by atoms with van der Waals surface area (Å²) >= 11 is 12.6. The first kappa shape index (κ1) is 9.00. The summed E-state index contributed by atoms with van der Waals surface area (Å²) in [5.41, 5.74) is 0. The minimum absolute atomic E-state index is 0.433. The zero-order valence-electron chi connectivity index (χ0n) is 6.38. The molecule has 1 nitrogen and oxygen atoms in total. The molecule has 1 aromatic heterocycles. The molecule has 0 spiro atoms. The third kappa shape index (κ3) is 1.57. The molecule has 0 aliphatic rings. The van der Waals surface area contributed by atoms with Crippen molar-refractivity contribution in [3.8, 4) is 0 Å². The van der Waals surface area contributed by atoms with E-state index in [1.165, 1.54) is 11.3 Å². The van der Waals surface area contributed by atoms with Gasteiger partial charge in [0.05, 0.1) is 4.88 Å². The summed E-state index contributed by atoms with van der Waals surface area (Å²) in [6.07, 6.45) is 0. The molecule has 0 unspecified atom stereocenters. The highest BCUT2D eigenvalue weighted by Crippen LogP contribution is 2.31. The maximum absolute atomic E-state index is 10.9. The second-order valence-corrected chi connectivity index (χ2v) is 4.37. The summed E-state index contributed by atoms with van der Waals surface area (Å²) in [4.78, 5) is 11.4. The first-order valence-corrected chi connectivity index (χ1v) is 5.13. The van der Waals surface area contributed by atoms with Crippen LogP contribution < -0.4 is 0 Å². The van der Waals surface area contributed by atoms with Crippen LogP contribution >= 0.6 is 34.5 Å². The van der Waals surface area contributed by atoms with Crippen molar-refractivity contribution in [1.29, 1.82) is 0 Å². The number of hydrogen-bond donors (Lipinski definition) is 0. The predicted molar refractivity (Wildman–Crippen MR) is 57.0 cm³/mol. The Morgan fingerprint density at radius 2 is 2.15 bits per heavy atom. The second-order valence-electron chi connectivity index (χ2n) is 2.54. The van der Waals surface area contributed by atoms with Crippen molar-refractivity contribution >= 4 is 49.9 Å². The van der Waals surface area contributed by atoms with Crippen LogP contribution in [0.3, 0.4) is 0 Å². The fraction of sp³-hybridized carbons (Fsp3) is 0. The summed E-state index contributed by atoms with van der Waals surface area (Å²) in [5.74, 6) is 0. The van der Waals surface area contributed by atoms with Gasteiger partial charge in [-0.2, -0.15) is 0 Å². The number of rotatable bonds is 1. The molecule has 0 saturated carbocycles. The summed E-state index contributed by atoms with van der Waals surface area (Å²) in [6, 6.07) is 7.27. The highest BCUT2D eigenvalue weighted by atomic mass is 35.5. The van der Waals surface area contributed by atoms with Crippen molar-refractivity contribution in [2.45, 2.75) is 0 Å². The lowest BCUT2D eigenvalue weighted by atomic mass is 10.2. The van der Waals surface area contributed by atoms with Gasteiger partial charge in [-0.1, -0.05) is 17.7 Å². The molecular weight excluding hydrogens is 227 g/mol. The van der Waals surface area contributed by atoms with E-state index in [0.29, 0.717) is 9.90 Å². The smallest absolute Gasteiger partial charge is 0.262 e. The highest BCUT2D eigenvalue weighted by Gasteiger charge is 2.08. The largest absolute Gasteiger partial charge is 0.275 e. The van der Waals surface area contributed by atoms with Crippen LogP contribution in [0, 0.1) is 0 Å². The van der Waals surface area contributed by atoms with E-state index >= 15 is 0 Å². The molecule has 0 fully saturated rings. The second kappa shape index (κ2) is 3.29. The molecule has 66 valence electrons. The molecule has 0 aliphatic heterocycles. The topological polar surface area (TPSA) is 17.1 Å². The maximum Gasteiger partial charge on any atom is 0.262 e. The van der Waals surface area contributed by atoms with E-state index in [2.05, 4.69) is 0 Å². The van der Waals surface area contributed by atoms with Gasteiger partial charge in [-0.05, 0) is 29.8 Å². The van der Waals surface area contributed by atoms with Crippen molar-refractivity contribution in [2.75, 3.05) is 0 Å². The Kier molecular flexibility index (Phi) is 2.28. The van der Waals surface area contributed by atoms with Crippen molar-refractivity contribution in [1.82, 2.24) is 0 Å². The van der Waals surface area contributed by atoms with Crippen LogP contribution in [0.5, 0.6) is 0 Å². The van der Waals surface area contributed by atoms with E-state index < -0.39 is 5.24 Å². The van der Waals surface area contributed by atoms with Gasteiger partial charge in [0.15, 0.2) is 0 Å². The number of thiophene rings is 1. The lowest BCUT2D eigenvalue weighted by Crippen LogP contribution is -1.78. The Morgan fingerprint density at radius 1 is 1.38 bits per heavy atom. The molecule has 0 atom stereocenters. The Bertz CT molecular complexity index is 475. The van der Waals surface area contributed by atoms with Crippen LogP contribution in [0.25, 0.3) is 10.1 Å². The molecule has 4 heteroatoms. The summed E-state index contributed by atoms with van der Waals surface area (Å²) < 4.78 is 0.983. The lowest BCUT2D eigenvalue weighted by Gasteiger charge is -1.89. The van der Waals surface area contributed by atoms with Gasteiger partial charge in [0.25, 0.3) is 5.24 Å². The van der Waals surface area contributed by atoms with Gasteiger partial charge in [-0.25, -0.2) is 0 Å². The zero-order valence-corrected chi connectivity index (χ0v) is 8.71. The number of benzene rings is 1. The van der Waals surface area contributed by atoms with Crippen molar-refractivity contribution in [2.24, 2.45) is 0 Å². The van der Waals surface area contributed by atoms with E-state index in [-0.39, 0.29) is 0 Å². The molecule has 1 heterocycles. The van der Waals surface area contributed by atoms with Gasteiger partial charge in [-0.15, -0.1) is 11.3 Å². The average Bonchev–Trinajstić information content (AvgIpc) is 2.49. The molecule has 1 aromatic carbocycles. The summed E-state index contributed by atoms with van der Waals surface area (Å²) in [5, 5.41) is 1.10. The molecular formula is C9H4Cl2OS. The van der Waals surface area contributed by atoms with Crippen LogP contribution in [0.15, 0.2) is 24.3 Å². The maximum atomic E-state index is 10.9. The van der Waals surface area contributed by atoms with Gasteiger partial charge in [0.1, 0.15) is 0 Å². The van der Waals surface area contributed by atoms with E-state index in [4.69, 9.17) is 23.2 Å². The summed E-state index contributed by atoms with van der Waals surface area (Å²) in [7, 11) is 0. The number of hydrogen-bond acceptors (Lipinski definition) is 2. The van der Waals surface area contributed by atoms with Crippen LogP contribution in [-0.4, -0.2) is 5.24 Å². The fourth-order valence-corrected chi connectivity index (χ4v) is 2.50. The average molecular weight is 231 g/mol. The van der Waals surface area contributed by atoms with E-state index in [0.717, 1.165) is 10.1 Å². The standard InChI is InChI=1S/C9H4Cl2OS/c10-6-2-1-3-7-5(6)4-8(13-7)9(11)12/h1-4H.